The van der Waals surface area contributed by atoms with Gasteiger partial charge in [0, 0.05) is 14.1 Å². The van der Waals surface area contributed by atoms with E-state index in [0.717, 1.165) is 6.54 Å². The van der Waals surface area contributed by atoms with E-state index in [9.17, 15) is 5.11 Å². The minimum Gasteiger partial charge on any atom is -0.343 e. The molecule has 0 bridgehead atoms. The molecule has 13 heavy (non-hydrogen) atoms. The first-order chi connectivity index (χ1) is 5.81. The number of rotatable bonds is 5. The summed E-state index contributed by atoms with van der Waals surface area (Å²) < 4.78 is 0.551. The van der Waals surface area contributed by atoms with Gasteiger partial charge in [0.2, 0.25) is 6.23 Å². The highest BCUT2D eigenvalue weighted by Gasteiger charge is 2.31. The number of hydroxylamine groups is 2. The van der Waals surface area contributed by atoms with Crippen LogP contribution in [0, 0.1) is 0 Å². The Morgan fingerprint density at radius 3 is 2.15 bits per heavy atom. The molecule has 1 N–H and O–H groups in total. The van der Waals surface area contributed by atoms with E-state index >= 15 is 0 Å². The van der Waals surface area contributed by atoms with E-state index in [2.05, 4.69) is 0 Å². The molecule has 0 spiro atoms. The number of hydrogen-bond acceptors (Lipinski definition) is 3. The summed E-state index contributed by atoms with van der Waals surface area (Å²) in [5.74, 6) is 0. The van der Waals surface area contributed by atoms with E-state index in [1.807, 2.05) is 42.0 Å². The van der Waals surface area contributed by atoms with E-state index in [1.165, 1.54) is 0 Å². The Morgan fingerprint density at radius 2 is 1.85 bits per heavy atom. The first-order valence-electron chi connectivity index (χ1n) is 4.66. The predicted octanol–water partition coefficient (Wildman–Crippen LogP) is 0.283. The number of quaternary nitrogens is 1. The maximum Gasteiger partial charge on any atom is 0.218 e. The molecule has 80 valence electrons. The number of aliphatic hydroxyl groups excluding tert-OH is 1. The lowest BCUT2D eigenvalue weighted by Gasteiger charge is -2.36. The van der Waals surface area contributed by atoms with E-state index in [4.69, 9.17) is 4.84 Å². The molecule has 0 aromatic heterocycles. The van der Waals surface area contributed by atoms with E-state index in [-0.39, 0.29) is 6.10 Å². The van der Waals surface area contributed by atoms with Crippen molar-refractivity contribution >= 4 is 0 Å². The van der Waals surface area contributed by atoms with Gasteiger partial charge in [-0.15, -0.1) is 0 Å². The minimum absolute atomic E-state index is 0.190. The largest absolute Gasteiger partial charge is 0.343 e. The quantitative estimate of drug-likeness (QED) is 0.385. The van der Waals surface area contributed by atoms with E-state index in [1.54, 1.807) is 5.06 Å². The summed E-state index contributed by atoms with van der Waals surface area (Å²) in [4.78, 5) is 5.37. The zero-order valence-corrected chi connectivity index (χ0v) is 9.61. The maximum absolute atomic E-state index is 9.91. The van der Waals surface area contributed by atoms with Gasteiger partial charge in [-0.1, -0.05) is 0 Å². The van der Waals surface area contributed by atoms with Gasteiger partial charge in [0.25, 0.3) is 0 Å². The third kappa shape index (κ3) is 4.04. The lowest BCUT2D eigenvalue weighted by molar-refractivity contribution is -0.939. The molecule has 0 aromatic carbocycles. The molecule has 0 aliphatic rings. The molecule has 0 rings (SSSR count). The van der Waals surface area contributed by atoms with E-state index in [0.29, 0.717) is 4.48 Å². The molecule has 2 unspecified atom stereocenters. The first-order valence-corrected chi connectivity index (χ1v) is 4.66. The van der Waals surface area contributed by atoms with Crippen molar-refractivity contribution in [2.45, 2.75) is 26.2 Å². The maximum atomic E-state index is 9.91. The smallest absolute Gasteiger partial charge is 0.218 e. The third-order valence-electron chi connectivity index (χ3n) is 2.33. The first kappa shape index (κ1) is 12.8. The van der Waals surface area contributed by atoms with Crippen LogP contribution in [0.2, 0.25) is 0 Å². The normalized spacial score (nSPS) is 17.5. The SMILES string of the molecule is CC[N+](C)(C)C(O)C(C)ON(C)C. The van der Waals surface area contributed by atoms with Crippen molar-refractivity contribution < 1.29 is 14.4 Å². The molecule has 0 saturated heterocycles. The summed E-state index contributed by atoms with van der Waals surface area (Å²) >= 11 is 0. The van der Waals surface area contributed by atoms with Crippen molar-refractivity contribution in [2.75, 3.05) is 34.7 Å². The second-order valence-electron chi connectivity index (χ2n) is 4.13. The number of hydrogen-bond donors (Lipinski definition) is 1. The second-order valence-corrected chi connectivity index (χ2v) is 4.13. The Labute approximate surface area is 81.3 Å². The summed E-state index contributed by atoms with van der Waals surface area (Å²) in [6.45, 7) is 4.80. The highest BCUT2D eigenvalue weighted by molar-refractivity contribution is 4.52. The molecular formula is C9H23N2O2+. The summed E-state index contributed by atoms with van der Waals surface area (Å²) in [6.07, 6.45) is -0.683. The molecular weight excluding hydrogens is 168 g/mol. The second kappa shape index (κ2) is 4.91. The molecule has 0 aromatic rings. The zero-order chi connectivity index (χ0) is 10.6. The Morgan fingerprint density at radius 1 is 1.38 bits per heavy atom. The zero-order valence-electron chi connectivity index (χ0n) is 9.61. The van der Waals surface area contributed by atoms with Gasteiger partial charge < -0.3 is 9.59 Å². The van der Waals surface area contributed by atoms with Crippen molar-refractivity contribution in [1.82, 2.24) is 5.06 Å². The standard InChI is InChI=1S/C9H23N2O2/c1-7-11(5,6)9(12)8(2)13-10(3)4/h8-9,12H,7H2,1-6H3/q+1. The van der Waals surface area contributed by atoms with Crippen LogP contribution in [0.5, 0.6) is 0 Å². The Hall–Kier alpha value is -0.160. The molecule has 0 aliphatic heterocycles. The van der Waals surface area contributed by atoms with Crippen LogP contribution in [0.25, 0.3) is 0 Å². The molecule has 0 amide bonds. The molecule has 0 saturated carbocycles. The highest BCUT2D eigenvalue weighted by atomic mass is 16.7. The molecule has 4 nitrogen and oxygen atoms in total. The molecule has 0 heterocycles. The molecule has 4 heteroatoms. The third-order valence-corrected chi connectivity index (χ3v) is 2.33. The van der Waals surface area contributed by atoms with Crippen LogP contribution in [-0.2, 0) is 4.84 Å². The fourth-order valence-corrected chi connectivity index (χ4v) is 1.14. The topological polar surface area (TPSA) is 32.7 Å². The van der Waals surface area contributed by atoms with Crippen LogP contribution in [0.15, 0.2) is 0 Å². The Kier molecular flexibility index (Phi) is 4.85. The fourth-order valence-electron chi connectivity index (χ4n) is 1.14. The van der Waals surface area contributed by atoms with Gasteiger partial charge in [0.05, 0.1) is 20.6 Å². The van der Waals surface area contributed by atoms with Crippen LogP contribution in [0.4, 0.5) is 0 Å². The van der Waals surface area contributed by atoms with Gasteiger partial charge in [-0.05, 0) is 13.8 Å². The number of nitrogens with zero attached hydrogens (tertiary/aromatic N) is 2. The minimum atomic E-state index is -0.493. The lowest BCUT2D eigenvalue weighted by atomic mass is 10.3. The number of aliphatic hydroxyl groups is 1. The van der Waals surface area contributed by atoms with Crippen molar-refractivity contribution in [3.8, 4) is 0 Å². The predicted molar refractivity (Wildman–Crippen MR) is 52.9 cm³/mol. The van der Waals surface area contributed by atoms with Crippen LogP contribution >= 0.6 is 0 Å². The molecule has 0 fully saturated rings. The van der Waals surface area contributed by atoms with Crippen molar-refractivity contribution in [3.63, 3.8) is 0 Å². The van der Waals surface area contributed by atoms with E-state index < -0.39 is 6.23 Å². The Balaban J connectivity index is 4.16. The average Bonchev–Trinajstić information content (AvgIpc) is 2.01. The van der Waals surface area contributed by atoms with Crippen LogP contribution < -0.4 is 0 Å². The Bertz CT molecular complexity index is 149. The summed E-state index contributed by atoms with van der Waals surface area (Å²) in [7, 11) is 7.60. The summed E-state index contributed by atoms with van der Waals surface area (Å²) in [5, 5.41) is 11.5. The summed E-state index contributed by atoms with van der Waals surface area (Å²) in [5.41, 5.74) is 0. The van der Waals surface area contributed by atoms with Gasteiger partial charge in [0.1, 0.15) is 0 Å². The summed E-state index contributed by atoms with van der Waals surface area (Å²) in [6, 6.07) is 0. The average molecular weight is 191 g/mol. The molecule has 2 atom stereocenters. The van der Waals surface area contributed by atoms with Gasteiger partial charge in [0.15, 0.2) is 6.10 Å². The van der Waals surface area contributed by atoms with Gasteiger partial charge >= 0.3 is 0 Å². The van der Waals surface area contributed by atoms with Gasteiger partial charge in [-0.2, -0.15) is 5.06 Å². The highest BCUT2D eigenvalue weighted by Crippen LogP contribution is 2.10. The lowest BCUT2D eigenvalue weighted by Crippen LogP contribution is -2.54. The number of likely N-dealkylation sites (N-methyl/N-ethyl adjacent to an activating group) is 1. The van der Waals surface area contributed by atoms with Crippen molar-refractivity contribution in [1.29, 1.82) is 0 Å². The molecule has 0 radical (unpaired) electrons. The van der Waals surface area contributed by atoms with Crippen molar-refractivity contribution in [3.05, 3.63) is 0 Å². The van der Waals surface area contributed by atoms with Crippen LogP contribution in [0.3, 0.4) is 0 Å². The molecule has 0 aliphatic carbocycles. The fraction of sp³-hybridized carbons (Fsp3) is 1.00. The van der Waals surface area contributed by atoms with Gasteiger partial charge in [-0.3, -0.25) is 4.84 Å². The van der Waals surface area contributed by atoms with Gasteiger partial charge in [-0.25, -0.2) is 0 Å². The van der Waals surface area contributed by atoms with Crippen molar-refractivity contribution in [2.24, 2.45) is 0 Å². The van der Waals surface area contributed by atoms with Crippen LogP contribution in [0.1, 0.15) is 13.8 Å². The monoisotopic (exact) mass is 191 g/mol. The van der Waals surface area contributed by atoms with Crippen LogP contribution in [-0.4, -0.2) is 61.7 Å².